The zero-order valence-electron chi connectivity index (χ0n) is 8.51. The Morgan fingerprint density at radius 2 is 2.19 bits per heavy atom. The molecule has 3 nitrogen and oxygen atoms in total. The van der Waals surface area contributed by atoms with Gasteiger partial charge in [-0.25, -0.2) is 0 Å². The van der Waals surface area contributed by atoms with Crippen molar-refractivity contribution in [3.05, 3.63) is 46.3 Å². The Hall–Kier alpha value is -1.26. The maximum absolute atomic E-state index is 12.2. The van der Waals surface area contributed by atoms with Gasteiger partial charge in [-0.1, -0.05) is 12.1 Å². The minimum atomic E-state index is -0.166. The second kappa shape index (κ2) is 3.96. The van der Waals surface area contributed by atoms with Crippen molar-refractivity contribution in [1.29, 1.82) is 0 Å². The topological polar surface area (TPSA) is 39.4 Å². The van der Waals surface area contributed by atoms with Crippen LogP contribution >= 0.6 is 11.8 Å². The number of thioether (sulfide) groups is 1. The van der Waals surface area contributed by atoms with Gasteiger partial charge in [0.15, 0.2) is 5.43 Å². The average Bonchev–Trinajstić information content (AvgIpc) is 2.83. The van der Waals surface area contributed by atoms with Crippen molar-refractivity contribution >= 4 is 22.7 Å². The first-order valence-corrected chi connectivity index (χ1v) is 6.15. The normalized spacial score (nSPS) is 20.4. The summed E-state index contributed by atoms with van der Waals surface area (Å²) in [5, 5.41) is 0.621. The van der Waals surface area contributed by atoms with Crippen LogP contribution in [0.4, 0.5) is 0 Å². The van der Waals surface area contributed by atoms with Gasteiger partial charge >= 0.3 is 0 Å². The molecule has 0 unspecified atom stereocenters. The lowest BCUT2D eigenvalue weighted by atomic mass is 10.2. The zero-order chi connectivity index (χ0) is 11.0. The second-order valence-corrected chi connectivity index (χ2v) is 4.76. The fourth-order valence-corrected chi connectivity index (χ4v) is 2.73. The Morgan fingerprint density at radius 1 is 1.31 bits per heavy atom. The molecule has 1 aliphatic heterocycles. The molecule has 0 N–H and O–H groups in total. The van der Waals surface area contributed by atoms with Crippen molar-refractivity contribution in [3.63, 3.8) is 0 Å². The summed E-state index contributed by atoms with van der Waals surface area (Å²) < 4.78 is 10.9. The molecule has 0 aliphatic carbocycles. The Balaban J connectivity index is 2.19. The van der Waals surface area contributed by atoms with E-state index in [0.29, 0.717) is 23.1 Å². The van der Waals surface area contributed by atoms with Crippen LogP contribution in [0.3, 0.4) is 0 Å². The van der Waals surface area contributed by atoms with E-state index in [1.807, 2.05) is 12.1 Å². The number of ether oxygens (including phenoxy) is 1. The highest BCUT2D eigenvalue weighted by Crippen LogP contribution is 2.33. The molecule has 1 aromatic carbocycles. The van der Waals surface area contributed by atoms with E-state index in [2.05, 4.69) is 0 Å². The van der Waals surface area contributed by atoms with Crippen LogP contribution in [0.5, 0.6) is 0 Å². The summed E-state index contributed by atoms with van der Waals surface area (Å²) in [6.45, 7) is 0.696. The molecule has 1 aliphatic rings. The van der Waals surface area contributed by atoms with Crippen molar-refractivity contribution in [2.24, 2.45) is 0 Å². The van der Waals surface area contributed by atoms with Crippen LogP contribution in [0.2, 0.25) is 0 Å². The monoisotopic (exact) mass is 234 g/mol. The van der Waals surface area contributed by atoms with E-state index in [-0.39, 0.29) is 10.9 Å². The highest BCUT2D eigenvalue weighted by atomic mass is 32.2. The molecular weight excluding hydrogens is 224 g/mol. The molecule has 1 fully saturated rings. The van der Waals surface area contributed by atoms with E-state index in [1.54, 1.807) is 23.9 Å². The molecule has 16 heavy (non-hydrogen) atoms. The molecule has 0 bridgehead atoms. The highest BCUT2D eigenvalue weighted by molar-refractivity contribution is 7.99. The zero-order valence-corrected chi connectivity index (χ0v) is 9.33. The van der Waals surface area contributed by atoms with Crippen LogP contribution in [-0.2, 0) is 4.74 Å². The molecule has 2 heterocycles. The summed E-state index contributed by atoms with van der Waals surface area (Å²) in [5.74, 6) is 0.928. The number of rotatable bonds is 1. The maximum Gasteiger partial charge on any atom is 0.199 e. The summed E-state index contributed by atoms with van der Waals surface area (Å²) in [6.07, 6.45) is 1.52. The van der Waals surface area contributed by atoms with Crippen molar-refractivity contribution < 1.29 is 9.15 Å². The summed E-state index contributed by atoms with van der Waals surface area (Å²) in [4.78, 5) is 12.2. The Kier molecular flexibility index (Phi) is 2.46. The fraction of sp³-hybridized carbons (Fsp3) is 0.250. The Morgan fingerprint density at radius 3 is 3.00 bits per heavy atom. The standard InChI is InChI=1S/C12H10O3S/c13-11-8-3-1-2-4-10(8)15-7-9(11)12-14-5-6-16-12/h1-4,7,12H,5-6H2/t12-/m1/s1. The number of benzene rings is 1. The third kappa shape index (κ3) is 1.54. The molecular formula is C12H10O3S. The second-order valence-electron chi connectivity index (χ2n) is 3.59. The summed E-state index contributed by atoms with van der Waals surface area (Å²) in [6, 6.07) is 7.27. The molecule has 0 radical (unpaired) electrons. The summed E-state index contributed by atoms with van der Waals surface area (Å²) >= 11 is 1.64. The first-order valence-electron chi connectivity index (χ1n) is 5.10. The van der Waals surface area contributed by atoms with E-state index in [1.165, 1.54) is 6.26 Å². The molecule has 1 atom stereocenters. The number of hydrogen-bond acceptors (Lipinski definition) is 4. The molecule has 3 rings (SSSR count). The maximum atomic E-state index is 12.2. The molecule has 1 aromatic heterocycles. The molecule has 2 aromatic rings. The fourth-order valence-electron chi connectivity index (χ4n) is 1.79. The van der Waals surface area contributed by atoms with Gasteiger partial charge in [-0.05, 0) is 12.1 Å². The number of para-hydroxylation sites is 1. The van der Waals surface area contributed by atoms with E-state index in [0.717, 1.165) is 5.75 Å². The SMILES string of the molecule is O=c1c([C@@H]2OCCS2)coc2ccccc12. The van der Waals surface area contributed by atoms with Crippen molar-refractivity contribution in [3.8, 4) is 0 Å². The molecule has 0 spiro atoms. The van der Waals surface area contributed by atoms with Crippen LogP contribution in [-0.4, -0.2) is 12.4 Å². The molecule has 0 saturated carbocycles. The highest BCUT2D eigenvalue weighted by Gasteiger charge is 2.22. The van der Waals surface area contributed by atoms with Crippen LogP contribution in [0.25, 0.3) is 11.0 Å². The third-order valence-corrected chi connectivity index (χ3v) is 3.68. The van der Waals surface area contributed by atoms with Gasteiger partial charge in [0.2, 0.25) is 0 Å². The van der Waals surface area contributed by atoms with E-state index < -0.39 is 0 Å². The van der Waals surface area contributed by atoms with Crippen molar-refractivity contribution in [1.82, 2.24) is 0 Å². The van der Waals surface area contributed by atoms with Crippen molar-refractivity contribution in [2.45, 2.75) is 5.44 Å². The van der Waals surface area contributed by atoms with Crippen LogP contribution < -0.4 is 5.43 Å². The number of hydrogen-bond donors (Lipinski definition) is 0. The minimum absolute atomic E-state index is 0.0150. The Labute approximate surface area is 96.4 Å². The van der Waals surface area contributed by atoms with Crippen LogP contribution in [0, 0.1) is 0 Å². The van der Waals surface area contributed by atoms with Gasteiger partial charge in [0.1, 0.15) is 17.3 Å². The molecule has 4 heteroatoms. The van der Waals surface area contributed by atoms with E-state index in [4.69, 9.17) is 9.15 Å². The van der Waals surface area contributed by atoms with Crippen LogP contribution in [0.15, 0.2) is 39.7 Å². The van der Waals surface area contributed by atoms with Gasteiger partial charge in [0, 0.05) is 5.75 Å². The summed E-state index contributed by atoms with van der Waals surface area (Å²) in [7, 11) is 0. The van der Waals surface area contributed by atoms with Gasteiger partial charge in [-0.15, -0.1) is 11.8 Å². The van der Waals surface area contributed by atoms with Crippen LogP contribution in [0.1, 0.15) is 11.0 Å². The smallest absolute Gasteiger partial charge is 0.199 e. The minimum Gasteiger partial charge on any atom is -0.464 e. The van der Waals surface area contributed by atoms with Gasteiger partial charge in [0.25, 0.3) is 0 Å². The lowest BCUT2D eigenvalue weighted by Gasteiger charge is -2.07. The lowest BCUT2D eigenvalue weighted by molar-refractivity contribution is 0.143. The third-order valence-electron chi connectivity index (χ3n) is 2.58. The Bertz CT molecular complexity index is 570. The van der Waals surface area contributed by atoms with Gasteiger partial charge in [0.05, 0.1) is 17.6 Å². The van der Waals surface area contributed by atoms with Gasteiger partial charge < -0.3 is 9.15 Å². The van der Waals surface area contributed by atoms with E-state index >= 15 is 0 Å². The lowest BCUT2D eigenvalue weighted by Crippen LogP contribution is -2.11. The number of fused-ring (bicyclic) bond motifs is 1. The predicted molar refractivity (Wildman–Crippen MR) is 63.6 cm³/mol. The first kappa shape index (κ1) is 9.93. The predicted octanol–water partition coefficient (Wildman–Crippen LogP) is 2.56. The van der Waals surface area contributed by atoms with Gasteiger partial charge in [-0.2, -0.15) is 0 Å². The molecule has 0 amide bonds. The van der Waals surface area contributed by atoms with Gasteiger partial charge in [-0.3, -0.25) is 4.79 Å². The van der Waals surface area contributed by atoms with Crippen molar-refractivity contribution in [2.75, 3.05) is 12.4 Å². The molecule has 1 saturated heterocycles. The van der Waals surface area contributed by atoms with E-state index in [9.17, 15) is 4.79 Å². The largest absolute Gasteiger partial charge is 0.464 e. The quantitative estimate of drug-likeness (QED) is 0.760. The molecule has 82 valence electrons. The summed E-state index contributed by atoms with van der Waals surface area (Å²) in [5.41, 5.74) is 1.09. The average molecular weight is 234 g/mol. The first-order chi connectivity index (χ1) is 7.86.